The number of carbonyl (C=O) groups is 1. The van der Waals surface area contributed by atoms with Crippen LogP contribution in [0.4, 0.5) is 0 Å². The number of carbonyl (C=O) groups excluding carboxylic acids is 1. The van der Waals surface area contributed by atoms with Crippen molar-refractivity contribution in [2.45, 2.75) is 57.8 Å². The summed E-state index contributed by atoms with van der Waals surface area (Å²) in [5.74, 6) is 2.79. The Kier molecular flexibility index (Phi) is 4.71. The normalized spacial score (nSPS) is 37.6. The van der Waals surface area contributed by atoms with Crippen LogP contribution in [0.3, 0.4) is 0 Å². The molecule has 148 valence electrons. The van der Waals surface area contributed by atoms with Crippen LogP contribution >= 0.6 is 11.3 Å². The van der Waals surface area contributed by atoms with Gasteiger partial charge >= 0.3 is 0 Å². The molecule has 4 aliphatic carbocycles. The topological polar surface area (TPSA) is 37.3 Å². The molecule has 0 bridgehead atoms. The summed E-state index contributed by atoms with van der Waals surface area (Å²) in [6, 6.07) is 4.51. The smallest absolute Gasteiger partial charge is 0.156 e. The van der Waals surface area contributed by atoms with E-state index in [-0.39, 0.29) is 6.61 Å². The molecule has 5 rings (SSSR count). The van der Waals surface area contributed by atoms with Crippen molar-refractivity contribution in [3.63, 3.8) is 0 Å². The van der Waals surface area contributed by atoms with E-state index in [0.29, 0.717) is 35.4 Å². The van der Waals surface area contributed by atoms with E-state index in [1.165, 1.54) is 36.1 Å². The zero-order valence-corrected chi connectivity index (χ0v) is 17.5. The molecule has 1 heterocycles. The molecule has 0 unspecified atom stereocenters. The number of allylic oxidation sites excluding steroid dienone is 5. The van der Waals surface area contributed by atoms with Crippen LogP contribution in [0.1, 0.15) is 62.7 Å². The molecule has 2 nitrogen and oxygen atoms in total. The third kappa shape index (κ3) is 2.81. The maximum Gasteiger partial charge on any atom is 0.156 e. The summed E-state index contributed by atoms with van der Waals surface area (Å²) in [4.78, 5) is 13.5. The van der Waals surface area contributed by atoms with E-state index in [1.54, 1.807) is 11.1 Å². The van der Waals surface area contributed by atoms with Gasteiger partial charge in [0.25, 0.3) is 0 Å². The van der Waals surface area contributed by atoms with Crippen molar-refractivity contribution in [3.05, 3.63) is 57.3 Å². The molecule has 0 amide bonds. The average molecular weight is 395 g/mol. The monoisotopic (exact) mass is 394 g/mol. The summed E-state index contributed by atoms with van der Waals surface area (Å²) in [5, 5.41) is 11.5. The number of thiophene rings is 1. The second-order valence-electron chi connectivity index (χ2n) is 9.39. The van der Waals surface area contributed by atoms with Crippen molar-refractivity contribution >= 4 is 17.1 Å². The Bertz CT molecular complexity index is 859. The molecular weight excluding hydrogens is 364 g/mol. The standard InChI is InChI=1S/C25H30O2S/c1-25-15-21(23-5-3-13-28-23)24-19-10-8-18(27)14-16(19)6-9-20(24)22(25)11-7-17(25)4-2-12-26/h2-5,13-14,17,20-22,26H,6-12,15H2,1H3/t17-,20+,21-,22+,25-/m1/s1. The highest BCUT2D eigenvalue weighted by Crippen LogP contribution is 2.66. The summed E-state index contributed by atoms with van der Waals surface area (Å²) >= 11 is 1.90. The molecule has 28 heavy (non-hydrogen) atoms. The third-order valence-electron chi connectivity index (χ3n) is 8.17. The van der Waals surface area contributed by atoms with Crippen LogP contribution in [0.2, 0.25) is 0 Å². The molecule has 0 spiro atoms. The number of aliphatic hydroxyl groups excluding tert-OH is 1. The predicted octanol–water partition coefficient (Wildman–Crippen LogP) is 5.81. The lowest BCUT2D eigenvalue weighted by Crippen LogP contribution is -2.42. The van der Waals surface area contributed by atoms with Crippen molar-refractivity contribution in [2.75, 3.05) is 6.61 Å². The molecule has 2 saturated carbocycles. The summed E-state index contributed by atoms with van der Waals surface area (Å²) in [6.45, 7) is 2.67. The summed E-state index contributed by atoms with van der Waals surface area (Å²) in [6.07, 6.45) is 13.9. The highest BCUT2D eigenvalue weighted by Gasteiger charge is 2.55. The van der Waals surface area contributed by atoms with Crippen LogP contribution in [-0.4, -0.2) is 17.5 Å². The molecular formula is C25H30O2S. The Labute approximate surface area is 172 Å². The number of hydrogen-bond acceptors (Lipinski definition) is 3. The molecule has 1 N–H and O–H groups in total. The van der Waals surface area contributed by atoms with Gasteiger partial charge in [-0.25, -0.2) is 0 Å². The fourth-order valence-electron chi connectivity index (χ4n) is 6.98. The molecule has 0 aliphatic heterocycles. The molecule has 2 fully saturated rings. The number of ketones is 1. The van der Waals surface area contributed by atoms with E-state index >= 15 is 0 Å². The maximum atomic E-state index is 12.0. The second-order valence-corrected chi connectivity index (χ2v) is 10.4. The first-order valence-electron chi connectivity index (χ1n) is 10.9. The van der Waals surface area contributed by atoms with Gasteiger partial charge in [-0.2, -0.15) is 0 Å². The van der Waals surface area contributed by atoms with Gasteiger partial charge in [0.1, 0.15) is 0 Å². The van der Waals surface area contributed by atoms with Crippen LogP contribution in [0.5, 0.6) is 0 Å². The van der Waals surface area contributed by atoms with Gasteiger partial charge in [0.05, 0.1) is 6.61 Å². The second kappa shape index (κ2) is 7.11. The first-order valence-corrected chi connectivity index (χ1v) is 11.8. The van der Waals surface area contributed by atoms with Crippen LogP contribution < -0.4 is 0 Å². The summed E-state index contributed by atoms with van der Waals surface area (Å²) < 4.78 is 0. The summed E-state index contributed by atoms with van der Waals surface area (Å²) in [7, 11) is 0. The summed E-state index contributed by atoms with van der Waals surface area (Å²) in [5.41, 5.74) is 4.90. The fourth-order valence-corrected chi connectivity index (χ4v) is 7.83. The first kappa shape index (κ1) is 18.6. The predicted molar refractivity (Wildman–Crippen MR) is 114 cm³/mol. The highest BCUT2D eigenvalue weighted by atomic mass is 32.1. The lowest BCUT2D eigenvalue weighted by atomic mass is 9.52. The van der Waals surface area contributed by atoms with E-state index in [2.05, 4.69) is 30.5 Å². The Hall–Kier alpha value is -1.45. The first-order chi connectivity index (χ1) is 13.6. The van der Waals surface area contributed by atoms with Gasteiger partial charge in [-0.15, -0.1) is 11.3 Å². The minimum absolute atomic E-state index is 0.145. The van der Waals surface area contributed by atoms with Crippen LogP contribution in [0.25, 0.3) is 0 Å². The lowest BCUT2D eigenvalue weighted by molar-refractivity contribution is -0.114. The third-order valence-corrected chi connectivity index (χ3v) is 9.15. The van der Waals surface area contributed by atoms with Crippen LogP contribution in [0, 0.1) is 23.2 Å². The number of hydrogen-bond donors (Lipinski definition) is 1. The maximum absolute atomic E-state index is 12.0. The molecule has 0 saturated heterocycles. The van der Waals surface area contributed by atoms with Crippen molar-refractivity contribution in [1.82, 2.24) is 0 Å². The Morgan fingerprint density at radius 3 is 2.93 bits per heavy atom. The molecule has 4 aliphatic rings. The molecule has 0 aromatic carbocycles. The number of aliphatic hydroxyl groups is 1. The Morgan fingerprint density at radius 1 is 1.25 bits per heavy atom. The SMILES string of the molecule is C[C@]12C[C@H](c3cccs3)C3=C4CCC(=O)C=C4CC[C@H]3[C@@H]1CC[C@H]2C=CCO. The number of rotatable bonds is 3. The van der Waals surface area contributed by atoms with Crippen molar-refractivity contribution in [2.24, 2.45) is 23.2 Å². The Morgan fingerprint density at radius 2 is 2.14 bits per heavy atom. The van der Waals surface area contributed by atoms with E-state index in [4.69, 9.17) is 0 Å². The van der Waals surface area contributed by atoms with Crippen LogP contribution in [-0.2, 0) is 4.79 Å². The minimum atomic E-state index is 0.145. The van der Waals surface area contributed by atoms with Gasteiger partial charge in [0, 0.05) is 17.2 Å². The van der Waals surface area contributed by atoms with E-state index in [0.717, 1.165) is 18.8 Å². The minimum Gasteiger partial charge on any atom is -0.392 e. The van der Waals surface area contributed by atoms with E-state index in [1.807, 2.05) is 23.5 Å². The molecule has 5 atom stereocenters. The van der Waals surface area contributed by atoms with Gasteiger partial charge in [0.2, 0.25) is 0 Å². The van der Waals surface area contributed by atoms with Gasteiger partial charge in [-0.1, -0.05) is 30.7 Å². The lowest BCUT2D eigenvalue weighted by Gasteiger charge is -2.52. The van der Waals surface area contributed by atoms with Gasteiger partial charge < -0.3 is 5.11 Å². The zero-order valence-electron chi connectivity index (χ0n) is 16.7. The zero-order chi connectivity index (χ0) is 19.3. The quantitative estimate of drug-likeness (QED) is 0.657. The number of fused-ring (bicyclic) bond motifs is 4. The molecule has 0 radical (unpaired) electrons. The average Bonchev–Trinajstić information content (AvgIpc) is 3.33. The molecule has 1 aromatic heterocycles. The van der Waals surface area contributed by atoms with Crippen molar-refractivity contribution in [3.8, 4) is 0 Å². The van der Waals surface area contributed by atoms with E-state index in [9.17, 15) is 9.90 Å². The van der Waals surface area contributed by atoms with Crippen LogP contribution in [0.15, 0.2) is 52.5 Å². The fraction of sp³-hybridized carbons (Fsp3) is 0.560. The van der Waals surface area contributed by atoms with E-state index < -0.39 is 0 Å². The van der Waals surface area contributed by atoms with Gasteiger partial charge in [-0.05, 0) is 90.4 Å². The Balaban J connectivity index is 1.63. The van der Waals surface area contributed by atoms with Crippen molar-refractivity contribution < 1.29 is 9.90 Å². The molecule has 1 aromatic rings. The largest absolute Gasteiger partial charge is 0.392 e. The van der Waals surface area contributed by atoms with Gasteiger partial charge in [0.15, 0.2) is 5.78 Å². The van der Waals surface area contributed by atoms with Gasteiger partial charge in [-0.3, -0.25) is 4.79 Å². The highest BCUT2D eigenvalue weighted by molar-refractivity contribution is 7.10. The molecule has 3 heteroatoms. The van der Waals surface area contributed by atoms with Crippen molar-refractivity contribution in [1.29, 1.82) is 0 Å².